The molecule has 3 heterocycles. The lowest BCUT2D eigenvalue weighted by atomic mass is 10.1. The maximum absolute atomic E-state index is 12.8. The van der Waals surface area contributed by atoms with Crippen LogP contribution in [-0.2, 0) is 13.0 Å². The number of pyridine rings is 1. The summed E-state index contributed by atoms with van der Waals surface area (Å²) in [4.78, 5) is 21.2. The van der Waals surface area contributed by atoms with Gasteiger partial charge in [0, 0.05) is 43.3 Å². The molecular weight excluding hydrogens is 378 g/mol. The maximum Gasteiger partial charge on any atom is 0.259 e. The molecular formula is C23H23N5O2. The van der Waals surface area contributed by atoms with Gasteiger partial charge in [-0.15, -0.1) is 0 Å². The largest absolute Gasteiger partial charge is 0.352 e. The van der Waals surface area contributed by atoms with Crippen molar-refractivity contribution in [3.63, 3.8) is 0 Å². The summed E-state index contributed by atoms with van der Waals surface area (Å²) in [6.45, 7) is 5.27. The maximum atomic E-state index is 12.8. The summed E-state index contributed by atoms with van der Waals surface area (Å²) >= 11 is 0. The fourth-order valence-corrected chi connectivity index (χ4v) is 3.48. The summed E-state index contributed by atoms with van der Waals surface area (Å²) in [5, 5.41) is 6.95. The van der Waals surface area contributed by atoms with Crippen LogP contribution in [0.4, 0.5) is 0 Å². The lowest BCUT2D eigenvalue weighted by Crippen LogP contribution is -2.26. The summed E-state index contributed by atoms with van der Waals surface area (Å²) in [7, 11) is 0. The van der Waals surface area contributed by atoms with Crippen LogP contribution in [0, 0.1) is 6.92 Å². The fourth-order valence-electron chi connectivity index (χ4n) is 3.48. The molecule has 4 aromatic rings. The molecule has 0 aliphatic rings. The molecule has 0 aliphatic carbocycles. The Balaban J connectivity index is 1.42. The lowest BCUT2D eigenvalue weighted by molar-refractivity contribution is 0.0953. The van der Waals surface area contributed by atoms with Gasteiger partial charge in [-0.05, 0) is 37.6 Å². The molecule has 0 unspecified atom stereocenters. The van der Waals surface area contributed by atoms with Crippen LogP contribution in [0.15, 0.2) is 65.4 Å². The van der Waals surface area contributed by atoms with Gasteiger partial charge in [-0.25, -0.2) is 0 Å². The monoisotopic (exact) mass is 401 g/mol. The molecule has 0 atom stereocenters. The Hall–Kier alpha value is -3.74. The predicted octanol–water partition coefficient (Wildman–Crippen LogP) is 3.90. The highest BCUT2D eigenvalue weighted by Crippen LogP contribution is 2.26. The number of hydrogen-bond donors (Lipinski definition) is 1. The molecule has 30 heavy (non-hydrogen) atoms. The lowest BCUT2D eigenvalue weighted by Gasteiger charge is -2.09. The highest BCUT2D eigenvalue weighted by molar-refractivity contribution is 5.97. The van der Waals surface area contributed by atoms with Crippen molar-refractivity contribution >= 4 is 5.91 Å². The van der Waals surface area contributed by atoms with E-state index in [1.54, 1.807) is 12.4 Å². The van der Waals surface area contributed by atoms with Crippen LogP contribution < -0.4 is 5.32 Å². The van der Waals surface area contributed by atoms with Crippen molar-refractivity contribution in [2.45, 2.75) is 26.8 Å². The van der Waals surface area contributed by atoms with E-state index in [4.69, 9.17) is 4.52 Å². The second-order valence-electron chi connectivity index (χ2n) is 6.90. The molecule has 7 heteroatoms. The van der Waals surface area contributed by atoms with Crippen molar-refractivity contribution in [1.82, 2.24) is 25.0 Å². The van der Waals surface area contributed by atoms with Crippen LogP contribution in [0.3, 0.4) is 0 Å². The Kier molecular flexibility index (Phi) is 5.70. The quantitative estimate of drug-likeness (QED) is 0.508. The van der Waals surface area contributed by atoms with Gasteiger partial charge >= 0.3 is 0 Å². The van der Waals surface area contributed by atoms with Crippen molar-refractivity contribution in [3.8, 4) is 22.7 Å². The molecule has 4 rings (SSSR count). The standard InChI is InChI=1S/C23H23N5O2/c1-3-28-16(2)19(14-20(28)17-8-5-4-6-9-17)22(29)25-13-11-21-26-23(30-27-21)18-10-7-12-24-15-18/h4-10,12,14-15H,3,11,13H2,1-2H3,(H,25,29). The average Bonchev–Trinajstić information content (AvgIpc) is 3.39. The number of hydrogen-bond acceptors (Lipinski definition) is 5. The van der Waals surface area contributed by atoms with Gasteiger partial charge in [0.2, 0.25) is 0 Å². The zero-order chi connectivity index (χ0) is 20.9. The Morgan fingerprint density at radius 1 is 1.13 bits per heavy atom. The topological polar surface area (TPSA) is 85.8 Å². The van der Waals surface area contributed by atoms with E-state index in [9.17, 15) is 4.79 Å². The minimum atomic E-state index is -0.104. The zero-order valence-corrected chi connectivity index (χ0v) is 17.0. The third-order valence-electron chi connectivity index (χ3n) is 5.01. The van der Waals surface area contributed by atoms with Gasteiger partial charge < -0.3 is 14.4 Å². The van der Waals surface area contributed by atoms with Gasteiger partial charge in [-0.1, -0.05) is 35.5 Å². The van der Waals surface area contributed by atoms with E-state index < -0.39 is 0 Å². The summed E-state index contributed by atoms with van der Waals surface area (Å²) < 4.78 is 7.43. The Labute approximate surface area is 174 Å². The number of benzene rings is 1. The minimum Gasteiger partial charge on any atom is -0.352 e. The number of aromatic nitrogens is 4. The third-order valence-corrected chi connectivity index (χ3v) is 5.01. The first-order valence-electron chi connectivity index (χ1n) is 9.94. The molecule has 0 bridgehead atoms. The number of rotatable bonds is 7. The van der Waals surface area contributed by atoms with E-state index in [-0.39, 0.29) is 5.91 Å². The van der Waals surface area contributed by atoms with Crippen LogP contribution in [0.1, 0.15) is 28.8 Å². The first kappa shape index (κ1) is 19.6. The summed E-state index contributed by atoms with van der Waals surface area (Å²) in [6.07, 6.45) is 3.84. The molecule has 0 saturated heterocycles. The second-order valence-corrected chi connectivity index (χ2v) is 6.90. The summed E-state index contributed by atoms with van der Waals surface area (Å²) in [6, 6.07) is 15.7. The van der Waals surface area contributed by atoms with Crippen LogP contribution >= 0.6 is 0 Å². The minimum absolute atomic E-state index is 0.104. The first-order chi connectivity index (χ1) is 14.7. The SMILES string of the molecule is CCn1c(-c2ccccc2)cc(C(=O)NCCc2noc(-c3cccnc3)n2)c1C. The van der Waals surface area contributed by atoms with Crippen molar-refractivity contribution in [2.24, 2.45) is 0 Å². The molecule has 0 radical (unpaired) electrons. The molecule has 1 amide bonds. The zero-order valence-electron chi connectivity index (χ0n) is 17.0. The highest BCUT2D eigenvalue weighted by Gasteiger charge is 2.18. The molecule has 3 aromatic heterocycles. The number of amides is 1. The van der Waals surface area contributed by atoms with Crippen molar-refractivity contribution in [3.05, 3.63) is 78.0 Å². The van der Waals surface area contributed by atoms with Crippen LogP contribution in [0.5, 0.6) is 0 Å². The number of nitrogens with zero attached hydrogens (tertiary/aromatic N) is 4. The van der Waals surface area contributed by atoms with Crippen LogP contribution in [-0.4, -0.2) is 32.1 Å². The second kappa shape index (κ2) is 8.73. The molecule has 0 aliphatic heterocycles. The molecule has 0 spiro atoms. The number of nitrogens with one attached hydrogen (secondary N) is 1. The van der Waals surface area contributed by atoms with E-state index in [0.717, 1.165) is 29.1 Å². The van der Waals surface area contributed by atoms with Gasteiger partial charge in [0.25, 0.3) is 11.8 Å². The number of carbonyl (C=O) groups excluding carboxylic acids is 1. The molecule has 1 aromatic carbocycles. The van der Waals surface area contributed by atoms with Gasteiger partial charge in [0.15, 0.2) is 5.82 Å². The number of carbonyl (C=O) groups is 1. The van der Waals surface area contributed by atoms with E-state index in [1.807, 2.05) is 43.3 Å². The van der Waals surface area contributed by atoms with Crippen molar-refractivity contribution in [2.75, 3.05) is 6.54 Å². The van der Waals surface area contributed by atoms with Gasteiger partial charge in [0.1, 0.15) is 0 Å². The van der Waals surface area contributed by atoms with Crippen LogP contribution in [0.25, 0.3) is 22.7 Å². The van der Waals surface area contributed by atoms with E-state index in [2.05, 4.69) is 44.1 Å². The Morgan fingerprint density at radius 2 is 1.93 bits per heavy atom. The molecule has 7 nitrogen and oxygen atoms in total. The van der Waals surface area contributed by atoms with E-state index in [0.29, 0.717) is 30.2 Å². The smallest absolute Gasteiger partial charge is 0.259 e. The van der Waals surface area contributed by atoms with Gasteiger partial charge in [-0.2, -0.15) is 4.98 Å². The normalized spacial score (nSPS) is 10.9. The molecule has 0 saturated carbocycles. The summed E-state index contributed by atoms with van der Waals surface area (Å²) in [5.41, 5.74) is 4.54. The van der Waals surface area contributed by atoms with Crippen molar-refractivity contribution < 1.29 is 9.32 Å². The van der Waals surface area contributed by atoms with Crippen LogP contribution in [0.2, 0.25) is 0 Å². The van der Waals surface area contributed by atoms with Gasteiger partial charge in [0.05, 0.1) is 11.1 Å². The highest BCUT2D eigenvalue weighted by atomic mass is 16.5. The van der Waals surface area contributed by atoms with Crippen molar-refractivity contribution in [1.29, 1.82) is 0 Å². The molecule has 1 N–H and O–H groups in total. The third kappa shape index (κ3) is 4.00. The van der Waals surface area contributed by atoms with E-state index >= 15 is 0 Å². The Bertz CT molecular complexity index is 1130. The average molecular weight is 401 g/mol. The molecule has 0 fully saturated rings. The molecule has 152 valence electrons. The first-order valence-corrected chi connectivity index (χ1v) is 9.94. The summed E-state index contributed by atoms with van der Waals surface area (Å²) in [5.74, 6) is 0.864. The van der Waals surface area contributed by atoms with E-state index in [1.165, 1.54) is 0 Å². The fraction of sp³-hybridized carbons (Fsp3) is 0.217. The Morgan fingerprint density at radius 3 is 2.67 bits per heavy atom. The predicted molar refractivity (Wildman–Crippen MR) is 114 cm³/mol. The van der Waals surface area contributed by atoms with Gasteiger partial charge in [-0.3, -0.25) is 9.78 Å².